The maximum absolute atomic E-state index is 14.3. The number of aromatic amines is 1. The Morgan fingerprint density at radius 2 is 1.88 bits per heavy atom. The Balaban J connectivity index is 1.34. The predicted molar refractivity (Wildman–Crippen MR) is 155 cm³/mol. The number of benzene rings is 1. The normalized spacial score (nSPS) is 25.7. The van der Waals surface area contributed by atoms with Crippen LogP contribution in [0.25, 0.3) is 10.9 Å². The number of ether oxygens (including phenoxy) is 1. The van der Waals surface area contributed by atoms with Crippen LogP contribution in [-0.4, -0.2) is 68.7 Å². The Morgan fingerprint density at radius 1 is 1.12 bits per heavy atom. The van der Waals surface area contributed by atoms with Gasteiger partial charge in [0.05, 0.1) is 29.7 Å². The highest BCUT2D eigenvalue weighted by atomic mass is 19.1. The van der Waals surface area contributed by atoms with Crippen molar-refractivity contribution in [2.45, 2.75) is 89.4 Å². The molecule has 6 rings (SSSR count). The first-order valence-corrected chi connectivity index (χ1v) is 14.9. The van der Waals surface area contributed by atoms with Crippen molar-refractivity contribution in [3.63, 3.8) is 0 Å². The lowest BCUT2D eigenvalue weighted by Crippen LogP contribution is -2.56. The zero-order chi connectivity index (χ0) is 28.8. The van der Waals surface area contributed by atoms with E-state index in [-0.39, 0.29) is 29.7 Å². The van der Waals surface area contributed by atoms with Crippen LogP contribution < -0.4 is 9.80 Å². The van der Waals surface area contributed by atoms with E-state index in [9.17, 15) is 14.0 Å². The molecule has 4 atom stereocenters. The molecule has 1 aliphatic carbocycles. The highest BCUT2D eigenvalue weighted by Gasteiger charge is 2.60. The van der Waals surface area contributed by atoms with Gasteiger partial charge < -0.3 is 19.9 Å². The number of hydrogen-bond donors (Lipinski definition) is 2. The third kappa shape index (κ3) is 5.07. The van der Waals surface area contributed by atoms with Crippen molar-refractivity contribution < 1.29 is 18.7 Å². The molecular weight excluding hydrogens is 523 g/mol. The fraction of sp³-hybridized carbons (Fsp3) is 0.548. The van der Waals surface area contributed by atoms with Crippen molar-refractivity contribution in [1.82, 2.24) is 29.7 Å². The van der Waals surface area contributed by atoms with Crippen LogP contribution >= 0.6 is 0 Å². The average molecular weight is 564 g/mol. The zero-order valence-corrected chi connectivity index (χ0v) is 24.1. The second kappa shape index (κ2) is 10.7. The van der Waals surface area contributed by atoms with E-state index < -0.39 is 17.7 Å². The molecule has 10 heteroatoms. The van der Waals surface area contributed by atoms with Gasteiger partial charge in [0.25, 0.3) is 0 Å². The predicted octanol–water partition coefficient (Wildman–Crippen LogP) is 5.58. The second-order valence-electron chi connectivity index (χ2n) is 12.8. The first kappa shape index (κ1) is 27.6. The molecule has 3 aliphatic rings. The average Bonchev–Trinajstić information content (AvgIpc) is 3.66. The van der Waals surface area contributed by atoms with E-state index in [1.54, 1.807) is 18.5 Å². The summed E-state index contributed by atoms with van der Waals surface area (Å²) in [5, 5.41) is 3.91. The topological polar surface area (TPSA) is 100 Å². The van der Waals surface area contributed by atoms with Gasteiger partial charge in [-0.05, 0) is 63.8 Å². The highest BCUT2D eigenvalue weighted by Crippen LogP contribution is 2.49. The SMILES string of the molecule is CC(C)(C)OC(=O)NC(C(=O)N1CCC2C1CC[N+]2(c1ncccn1)c1c[nH]c2cc(F)ccc12)C1CCCCC1. The van der Waals surface area contributed by atoms with Crippen molar-refractivity contribution in [2.24, 2.45) is 5.92 Å². The van der Waals surface area contributed by atoms with Crippen molar-refractivity contribution in [1.29, 1.82) is 0 Å². The molecule has 2 amide bonds. The molecule has 3 fully saturated rings. The van der Waals surface area contributed by atoms with Gasteiger partial charge in [-0.2, -0.15) is 9.97 Å². The standard InChI is InChI=1S/C31H39FN6O3/c1-31(2,3)41-30(40)36-27(20-8-5-4-6-9-20)28(39)37-16-12-25-24(37)13-17-38(25,29-33-14-7-15-34-29)26-19-35-23-18-21(32)10-11-22(23)26/h7,10-11,14-15,18-20,24-25,27,35H,4-6,8-9,12-13,16-17H2,1-3H3/p+1. The van der Waals surface area contributed by atoms with E-state index in [1.807, 2.05) is 37.9 Å². The summed E-state index contributed by atoms with van der Waals surface area (Å²) in [6.45, 7) is 6.79. The number of nitrogens with zero attached hydrogens (tertiary/aromatic N) is 4. The summed E-state index contributed by atoms with van der Waals surface area (Å²) in [6, 6.07) is 5.99. The van der Waals surface area contributed by atoms with E-state index in [0.717, 1.165) is 61.5 Å². The van der Waals surface area contributed by atoms with E-state index in [4.69, 9.17) is 14.7 Å². The van der Waals surface area contributed by atoms with Crippen LogP contribution in [0.1, 0.15) is 65.7 Å². The lowest BCUT2D eigenvalue weighted by atomic mass is 9.83. The molecule has 41 heavy (non-hydrogen) atoms. The Kier molecular flexibility index (Phi) is 7.21. The number of quaternary nitrogens is 1. The number of likely N-dealkylation sites (tertiary alicyclic amines) is 1. The molecule has 0 bridgehead atoms. The van der Waals surface area contributed by atoms with Crippen LogP contribution in [0.2, 0.25) is 0 Å². The van der Waals surface area contributed by atoms with Crippen LogP contribution in [0.15, 0.2) is 42.9 Å². The minimum absolute atomic E-state index is 0.0229. The van der Waals surface area contributed by atoms with Gasteiger partial charge >= 0.3 is 12.0 Å². The summed E-state index contributed by atoms with van der Waals surface area (Å²) < 4.78 is 20.0. The van der Waals surface area contributed by atoms with Crippen LogP contribution in [0.5, 0.6) is 0 Å². The number of alkyl carbamates (subject to hydrolysis) is 1. The summed E-state index contributed by atoms with van der Waals surface area (Å²) in [7, 11) is 0. The molecular formula is C31H40FN6O3+. The minimum atomic E-state index is -0.649. The van der Waals surface area contributed by atoms with Gasteiger partial charge in [-0.15, -0.1) is 0 Å². The number of carbonyl (C=O) groups excluding carboxylic acids is 2. The fourth-order valence-corrected chi connectivity index (χ4v) is 7.50. The monoisotopic (exact) mass is 563 g/mol. The molecule has 1 aromatic carbocycles. The molecule has 2 N–H and O–H groups in total. The van der Waals surface area contributed by atoms with Crippen LogP contribution in [0, 0.1) is 11.7 Å². The third-order valence-electron chi connectivity index (χ3n) is 9.16. The minimum Gasteiger partial charge on any atom is -0.444 e. The lowest BCUT2D eigenvalue weighted by Gasteiger charge is -2.36. The second-order valence-corrected chi connectivity index (χ2v) is 12.8. The molecule has 4 unspecified atom stereocenters. The summed E-state index contributed by atoms with van der Waals surface area (Å²) in [5.41, 5.74) is 1.06. The zero-order valence-electron chi connectivity index (χ0n) is 24.1. The molecule has 0 radical (unpaired) electrons. The molecule has 4 heterocycles. The van der Waals surface area contributed by atoms with Gasteiger partial charge in [0.1, 0.15) is 23.5 Å². The number of amides is 2. The molecule has 9 nitrogen and oxygen atoms in total. The molecule has 2 saturated heterocycles. The number of hydrogen-bond acceptors (Lipinski definition) is 5. The number of carbonyl (C=O) groups is 2. The number of nitrogens with one attached hydrogen (secondary N) is 2. The summed E-state index contributed by atoms with van der Waals surface area (Å²) in [5.74, 6) is 0.446. The summed E-state index contributed by atoms with van der Waals surface area (Å²) in [4.78, 5) is 41.9. The molecule has 0 spiro atoms. The van der Waals surface area contributed by atoms with Gasteiger partial charge in [0.2, 0.25) is 5.91 Å². The van der Waals surface area contributed by atoms with Crippen LogP contribution in [0.4, 0.5) is 20.8 Å². The van der Waals surface area contributed by atoms with E-state index in [2.05, 4.69) is 10.3 Å². The Labute approximate surface area is 240 Å². The number of rotatable bonds is 5. The number of fused-ring (bicyclic) bond motifs is 2. The van der Waals surface area contributed by atoms with E-state index in [1.165, 1.54) is 12.1 Å². The van der Waals surface area contributed by atoms with Crippen LogP contribution in [0.3, 0.4) is 0 Å². The van der Waals surface area contributed by atoms with E-state index in [0.29, 0.717) is 23.5 Å². The van der Waals surface area contributed by atoms with Crippen molar-refractivity contribution in [3.05, 3.63) is 48.7 Å². The lowest BCUT2D eigenvalue weighted by molar-refractivity contribution is -0.136. The summed E-state index contributed by atoms with van der Waals surface area (Å²) >= 11 is 0. The Morgan fingerprint density at radius 3 is 2.61 bits per heavy atom. The quantitative estimate of drug-likeness (QED) is 0.395. The van der Waals surface area contributed by atoms with Crippen LogP contribution in [-0.2, 0) is 9.53 Å². The first-order chi connectivity index (χ1) is 19.7. The largest absolute Gasteiger partial charge is 0.444 e. The molecule has 2 aliphatic heterocycles. The highest BCUT2D eigenvalue weighted by molar-refractivity contribution is 5.93. The smallest absolute Gasteiger partial charge is 0.408 e. The van der Waals surface area contributed by atoms with Crippen molar-refractivity contribution >= 4 is 34.5 Å². The van der Waals surface area contributed by atoms with Gasteiger partial charge in [0.15, 0.2) is 5.69 Å². The third-order valence-corrected chi connectivity index (χ3v) is 9.16. The van der Waals surface area contributed by atoms with Crippen molar-refractivity contribution in [2.75, 3.05) is 13.1 Å². The molecule has 1 saturated carbocycles. The number of halogens is 1. The van der Waals surface area contributed by atoms with E-state index >= 15 is 0 Å². The van der Waals surface area contributed by atoms with Gasteiger partial charge in [-0.3, -0.25) is 4.79 Å². The Hall–Kier alpha value is -3.53. The van der Waals surface area contributed by atoms with Crippen molar-refractivity contribution in [3.8, 4) is 0 Å². The Bertz CT molecular complexity index is 1420. The molecule has 2 aromatic heterocycles. The number of H-pyrrole nitrogens is 1. The maximum atomic E-state index is 14.3. The molecule has 218 valence electrons. The van der Waals surface area contributed by atoms with Gasteiger partial charge in [0, 0.05) is 31.8 Å². The van der Waals surface area contributed by atoms with Gasteiger partial charge in [-0.25, -0.2) is 13.7 Å². The summed E-state index contributed by atoms with van der Waals surface area (Å²) in [6.07, 6.45) is 11.6. The maximum Gasteiger partial charge on any atom is 0.408 e. The first-order valence-electron chi connectivity index (χ1n) is 14.9. The van der Waals surface area contributed by atoms with Gasteiger partial charge in [-0.1, -0.05) is 19.3 Å². The molecule has 3 aromatic rings. The number of aromatic nitrogens is 3. The fourth-order valence-electron chi connectivity index (χ4n) is 7.50.